The van der Waals surface area contributed by atoms with Crippen molar-refractivity contribution >= 4 is 0 Å². The average Bonchev–Trinajstić information content (AvgIpc) is 3.19. The van der Waals surface area contributed by atoms with Crippen molar-refractivity contribution in [2.75, 3.05) is 0 Å². The molecule has 0 aliphatic heterocycles. The van der Waals surface area contributed by atoms with E-state index in [9.17, 15) is 0 Å². The van der Waals surface area contributed by atoms with Gasteiger partial charge in [0.2, 0.25) is 0 Å². The normalized spacial score (nSPS) is 12.1. The number of ether oxygens (including phenoxy) is 1. The monoisotopic (exact) mass is 460 g/mol. The number of hydrogen-bond donors (Lipinski definition) is 4. The summed E-state index contributed by atoms with van der Waals surface area (Å²) in [6, 6.07) is 34.7. The van der Waals surface area contributed by atoms with Crippen LogP contribution in [0.15, 0.2) is 109 Å². The van der Waals surface area contributed by atoms with E-state index >= 15 is 0 Å². The van der Waals surface area contributed by atoms with Gasteiger partial charge < -0.3 is 25.2 Å². The highest BCUT2D eigenvalue weighted by Crippen LogP contribution is 2.35. The summed E-state index contributed by atoms with van der Waals surface area (Å²) in [5, 5.41) is 33.9. The van der Waals surface area contributed by atoms with Gasteiger partial charge in [-0.1, -0.05) is 84.9 Å². The summed E-state index contributed by atoms with van der Waals surface area (Å²) in [6.07, 6.45) is -0.646. The van der Waals surface area contributed by atoms with E-state index in [-0.39, 0.29) is 0 Å². The summed E-state index contributed by atoms with van der Waals surface area (Å²) in [5.41, 5.74) is 5.75. The van der Waals surface area contributed by atoms with Crippen LogP contribution in [0.3, 0.4) is 0 Å². The van der Waals surface area contributed by atoms with E-state index in [2.05, 4.69) is 53.3 Å². The molecule has 34 heavy (non-hydrogen) atoms. The van der Waals surface area contributed by atoms with Crippen molar-refractivity contribution < 1.29 is 25.2 Å². The number of para-hydroxylation sites is 2. The molecule has 0 spiro atoms. The molecule has 4 aromatic carbocycles. The summed E-state index contributed by atoms with van der Waals surface area (Å²) in [5.74, 6) is 0.644. The lowest BCUT2D eigenvalue weighted by Gasteiger charge is -2.07. The van der Waals surface area contributed by atoms with Gasteiger partial charge in [-0.2, -0.15) is 0 Å². The van der Waals surface area contributed by atoms with Crippen LogP contribution in [0.1, 0.15) is 25.0 Å². The number of phenolic OH excluding ortho intramolecular Hbond substituents is 2. The van der Waals surface area contributed by atoms with Crippen LogP contribution < -0.4 is 0 Å². The molecule has 0 heterocycles. The smallest absolute Gasteiger partial charge is 0.154 e. The summed E-state index contributed by atoms with van der Waals surface area (Å²) in [7, 11) is 0. The third kappa shape index (κ3) is 9.88. The van der Waals surface area contributed by atoms with Gasteiger partial charge in [0, 0.05) is 0 Å². The molecule has 178 valence electrons. The minimum absolute atomic E-state index is 0.322. The molecule has 2 atom stereocenters. The first kappa shape index (κ1) is 26.6. The summed E-state index contributed by atoms with van der Waals surface area (Å²) in [4.78, 5) is 0. The van der Waals surface area contributed by atoms with Crippen LogP contribution in [0, 0.1) is 0 Å². The predicted octanol–water partition coefficient (Wildman–Crippen LogP) is 5.72. The lowest BCUT2D eigenvalue weighted by atomic mass is 10.1. The van der Waals surface area contributed by atoms with Crippen LogP contribution in [0.5, 0.6) is 11.5 Å². The molecule has 5 rings (SSSR count). The van der Waals surface area contributed by atoms with Gasteiger partial charge in [0.1, 0.15) is 11.5 Å². The molecule has 0 fully saturated rings. The van der Waals surface area contributed by atoms with Crippen molar-refractivity contribution in [1.29, 1.82) is 0 Å². The zero-order valence-electron chi connectivity index (χ0n) is 19.5. The Balaban J connectivity index is 0.000000170. The maximum Gasteiger partial charge on any atom is 0.154 e. The Labute approximate surface area is 201 Å². The fourth-order valence-electron chi connectivity index (χ4n) is 3.22. The molecule has 0 amide bonds. The standard InChI is InChI=1S/C13H10.2C6H6O.C4H10O3/c1-3-7-12-10(5-1)9-11-6-2-4-8-13(11)12;2*7-6-4-2-1-3-5-6;1-3(5)7-4(2)6/h1-8H,9H2;2*1-5,7H;3-6H,1-2H3. The van der Waals surface area contributed by atoms with E-state index < -0.39 is 12.6 Å². The minimum atomic E-state index is -0.875. The second-order valence-electron chi connectivity index (χ2n) is 7.50. The van der Waals surface area contributed by atoms with E-state index in [1.165, 1.54) is 36.1 Å². The first-order valence-electron chi connectivity index (χ1n) is 11.0. The van der Waals surface area contributed by atoms with Crippen LogP contribution in [-0.2, 0) is 11.2 Å². The van der Waals surface area contributed by atoms with Gasteiger partial charge in [-0.25, -0.2) is 0 Å². The number of aliphatic hydroxyl groups excluding tert-OH is 2. The molecule has 1 aliphatic rings. The van der Waals surface area contributed by atoms with E-state index in [1.807, 2.05) is 12.1 Å². The maximum absolute atomic E-state index is 8.63. The van der Waals surface area contributed by atoms with Gasteiger partial charge in [-0.15, -0.1) is 0 Å². The van der Waals surface area contributed by atoms with Crippen molar-refractivity contribution in [3.63, 3.8) is 0 Å². The molecule has 5 heteroatoms. The molecule has 4 aromatic rings. The quantitative estimate of drug-likeness (QED) is 0.253. The predicted molar refractivity (Wildman–Crippen MR) is 135 cm³/mol. The first-order valence-corrected chi connectivity index (χ1v) is 11.0. The Bertz CT molecular complexity index is 993. The summed E-state index contributed by atoms with van der Waals surface area (Å²) in [6.45, 7) is 2.87. The van der Waals surface area contributed by atoms with Crippen molar-refractivity contribution in [1.82, 2.24) is 0 Å². The maximum atomic E-state index is 8.63. The number of fused-ring (bicyclic) bond motifs is 3. The van der Waals surface area contributed by atoms with Gasteiger partial charge in [0.25, 0.3) is 0 Å². The molecule has 4 N–H and O–H groups in total. The zero-order valence-corrected chi connectivity index (χ0v) is 19.5. The molecule has 2 unspecified atom stereocenters. The molecule has 0 aromatic heterocycles. The van der Waals surface area contributed by atoms with Gasteiger partial charge in [-0.05, 0) is 66.8 Å². The van der Waals surface area contributed by atoms with Crippen molar-refractivity contribution in [2.45, 2.75) is 32.8 Å². The van der Waals surface area contributed by atoms with Crippen LogP contribution in [0.2, 0.25) is 0 Å². The second kappa shape index (κ2) is 14.5. The number of phenols is 2. The Morgan fingerprint density at radius 3 is 1.12 bits per heavy atom. The molecular formula is C29H32O5. The molecule has 5 nitrogen and oxygen atoms in total. The van der Waals surface area contributed by atoms with Crippen molar-refractivity contribution in [3.05, 3.63) is 120 Å². The minimum Gasteiger partial charge on any atom is -0.508 e. The van der Waals surface area contributed by atoms with Crippen molar-refractivity contribution in [2.24, 2.45) is 0 Å². The molecule has 0 saturated heterocycles. The summed E-state index contributed by atoms with van der Waals surface area (Å²) >= 11 is 0. The molecule has 0 bridgehead atoms. The van der Waals surface area contributed by atoms with Crippen LogP contribution >= 0.6 is 0 Å². The second-order valence-corrected chi connectivity index (χ2v) is 7.50. The van der Waals surface area contributed by atoms with E-state index in [1.54, 1.807) is 48.5 Å². The SMILES string of the molecule is CC(O)OC(C)O.Oc1ccccc1.Oc1ccccc1.c1ccc2c(c1)Cc1ccccc1-2. The molecule has 0 saturated carbocycles. The third-order valence-corrected chi connectivity index (χ3v) is 4.61. The summed E-state index contributed by atoms with van der Waals surface area (Å²) < 4.78 is 4.36. The average molecular weight is 461 g/mol. The Hall–Kier alpha value is -3.64. The molecule has 1 aliphatic carbocycles. The highest BCUT2D eigenvalue weighted by atomic mass is 16.7. The fourth-order valence-corrected chi connectivity index (χ4v) is 3.22. The fraction of sp³-hybridized carbons (Fsp3) is 0.172. The van der Waals surface area contributed by atoms with E-state index in [4.69, 9.17) is 20.4 Å². The van der Waals surface area contributed by atoms with Crippen LogP contribution in [0.25, 0.3) is 11.1 Å². The van der Waals surface area contributed by atoms with Gasteiger partial charge in [0.15, 0.2) is 12.6 Å². The van der Waals surface area contributed by atoms with E-state index in [0.29, 0.717) is 11.5 Å². The van der Waals surface area contributed by atoms with E-state index in [0.717, 1.165) is 6.42 Å². The number of rotatable bonds is 2. The van der Waals surface area contributed by atoms with Crippen molar-refractivity contribution in [3.8, 4) is 22.6 Å². The lowest BCUT2D eigenvalue weighted by Crippen LogP contribution is -2.14. The largest absolute Gasteiger partial charge is 0.508 e. The zero-order chi connectivity index (χ0) is 24.8. The first-order chi connectivity index (χ1) is 16.4. The lowest BCUT2D eigenvalue weighted by molar-refractivity contribution is -0.190. The van der Waals surface area contributed by atoms with Gasteiger partial charge >= 0.3 is 0 Å². The van der Waals surface area contributed by atoms with Gasteiger partial charge in [0.05, 0.1) is 0 Å². The number of aromatic hydroxyl groups is 2. The number of hydrogen-bond acceptors (Lipinski definition) is 5. The Morgan fingerprint density at radius 2 is 0.853 bits per heavy atom. The van der Waals surface area contributed by atoms with Crippen LogP contribution in [-0.4, -0.2) is 33.0 Å². The highest BCUT2D eigenvalue weighted by molar-refractivity contribution is 5.76. The molecule has 0 radical (unpaired) electrons. The molecular weight excluding hydrogens is 428 g/mol. The topological polar surface area (TPSA) is 90.2 Å². The third-order valence-electron chi connectivity index (χ3n) is 4.61. The van der Waals surface area contributed by atoms with Gasteiger partial charge in [-0.3, -0.25) is 0 Å². The number of aliphatic hydroxyl groups is 2. The Morgan fingerprint density at radius 1 is 0.529 bits per heavy atom. The highest BCUT2D eigenvalue weighted by Gasteiger charge is 2.15. The Kier molecular flexibility index (Phi) is 11.3. The van der Waals surface area contributed by atoms with Crippen LogP contribution in [0.4, 0.5) is 0 Å². The number of benzene rings is 4.